The van der Waals surface area contributed by atoms with Crippen molar-refractivity contribution in [3.63, 3.8) is 0 Å². The van der Waals surface area contributed by atoms with Crippen LogP contribution in [-0.2, 0) is 13.5 Å². The number of thiocarbonyl (C=S) groups is 1. The number of para-hydroxylation sites is 1. The van der Waals surface area contributed by atoms with Gasteiger partial charge in [0, 0.05) is 31.9 Å². The number of aryl methyl sites for hydroxylation is 2. The van der Waals surface area contributed by atoms with Gasteiger partial charge >= 0.3 is 0 Å². The second-order valence-electron chi connectivity index (χ2n) is 4.48. The third-order valence-corrected chi connectivity index (χ3v) is 3.06. The van der Waals surface area contributed by atoms with Crippen molar-refractivity contribution in [1.82, 2.24) is 14.9 Å². The van der Waals surface area contributed by atoms with Crippen LogP contribution in [0, 0.1) is 6.92 Å². The zero-order valence-electron chi connectivity index (χ0n) is 11.2. The second kappa shape index (κ2) is 6.33. The van der Waals surface area contributed by atoms with Gasteiger partial charge in [-0.15, -0.1) is 0 Å². The summed E-state index contributed by atoms with van der Waals surface area (Å²) in [5.41, 5.74) is 3.28. The van der Waals surface area contributed by atoms with Crippen LogP contribution < -0.4 is 10.6 Å². The fourth-order valence-electron chi connectivity index (χ4n) is 1.78. The summed E-state index contributed by atoms with van der Waals surface area (Å²) in [4.78, 5) is 4.27. The SMILES string of the molecule is Cc1ccccc1NC(=S)NCCc1cn(C)cn1. The van der Waals surface area contributed by atoms with Gasteiger partial charge < -0.3 is 15.2 Å². The van der Waals surface area contributed by atoms with Crippen molar-refractivity contribution in [2.45, 2.75) is 13.3 Å². The Morgan fingerprint density at radius 3 is 2.84 bits per heavy atom. The highest BCUT2D eigenvalue weighted by atomic mass is 32.1. The monoisotopic (exact) mass is 274 g/mol. The van der Waals surface area contributed by atoms with E-state index < -0.39 is 0 Å². The van der Waals surface area contributed by atoms with Crippen LogP contribution in [0.2, 0.25) is 0 Å². The molecule has 2 rings (SSSR count). The molecule has 19 heavy (non-hydrogen) atoms. The average Bonchev–Trinajstić information content (AvgIpc) is 2.78. The summed E-state index contributed by atoms with van der Waals surface area (Å²) >= 11 is 5.27. The standard InChI is InChI=1S/C14H18N4S/c1-11-5-3-4-6-13(11)17-14(19)15-8-7-12-9-18(2)10-16-12/h3-6,9-10H,7-8H2,1-2H3,(H2,15,17,19). The summed E-state index contributed by atoms with van der Waals surface area (Å²) < 4.78 is 1.94. The van der Waals surface area contributed by atoms with Crippen molar-refractivity contribution < 1.29 is 0 Å². The van der Waals surface area contributed by atoms with E-state index in [0.29, 0.717) is 5.11 Å². The smallest absolute Gasteiger partial charge is 0.170 e. The van der Waals surface area contributed by atoms with Crippen LogP contribution in [0.15, 0.2) is 36.8 Å². The van der Waals surface area contributed by atoms with Gasteiger partial charge in [0.15, 0.2) is 5.11 Å². The maximum atomic E-state index is 5.27. The largest absolute Gasteiger partial charge is 0.362 e. The Labute approximate surface area is 118 Å². The fourth-order valence-corrected chi connectivity index (χ4v) is 1.99. The van der Waals surface area contributed by atoms with Crippen LogP contribution in [0.3, 0.4) is 0 Å². The molecule has 1 aromatic heterocycles. The fraction of sp³-hybridized carbons (Fsp3) is 0.286. The first kappa shape index (κ1) is 13.5. The molecule has 0 fully saturated rings. The highest BCUT2D eigenvalue weighted by Gasteiger charge is 2.01. The van der Waals surface area contributed by atoms with E-state index in [4.69, 9.17) is 12.2 Å². The number of anilines is 1. The summed E-state index contributed by atoms with van der Waals surface area (Å²) in [6, 6.07) is 8.07. The van der Waals surface area contributed by atoms with E-state index in [1.807, 2.05) is 36.0 Å². The molecule has 0 amide bonds. The van der Waals surface area contributed by atoms with Gasteiger partial charge in [-0.3, -0.25) is 0 Å². The van der Waals surface area contributed by atoms with Crippen LogP contribution in [0.1, 0.15) is 11.3 Å². The molecule has 1 heterocycles. The maximum Gasteiger partial charge on any atom is 0.170 e. The molecular weight excluding hydrogens is 256 g/mol. The molecular formula is C14H18N4S. The molecule has 100 valence electrons. The number of nitrogens with one attached hydrogen (secondary N) is 2. The van der Waals surface area contributed by atoms with Gasteiger partial charge in [0.05, 0.1) is 12.0 Å². The lowest BCUT2D eigenvalue weighted by Crippen LogP contribution is -2.30. The maximum absolute atomic E-state index is 5.27. The first-order valence-electron chi connectivity index (χ1n) is 6.22. The van der Waals surface area contributed by atoms with Gasteiger partial charge in [0.25, 0.3) is 0 Å². The molecule has 0 spiro atoms. The van der Waals surface area contributed by atoms with Crippen molar-refractivity contribution in [3.05, 3.63) is 48.0 Å². The Balaban J connectivity index is 1.77. The van der Waals surface area contributed by atoms with Gasteiger partial charge in [-0.1, -0.05) is 18.2 Å². The molecule has 0 atom stereocenters. The van der Waals surface area contributed by atoms with Gasteiger partial charge in [0.2, 0.25) is 0 Å². The number of hydrogen-bond donors (Lipinski definition) is 2. The van der Waals surface area contributed by atoms with Gasteiger partial charge in [0.1, 0.15) is 0 Å². The van der Waals surface area contributed by atoms with Crippen molar-refractivity contribution in [1.29, 1.82) is 0 Å². The molecule has 4 nitrogen and oxygen atoms in total. The number of rotatable bonds is 4. The second-order valence-corrected chi connectivity index (χ2v) is 4.88. The van der Waals surface area contributed by atoms with Crippen LogP contribution in [-0.4, -0.2) is 21.2 Å². The quantitative estimate of drug-likeness (QED) is 0.839. The molecule has 2 aromatic rings. The van der Waals surface area contributed by atoms with E-state index in [2.05, 4.69) is 28.6 Å². The molecule has 0 aliphatic carbocycles. The summed E-state index contributed by atoms with van der Waals surface area (Å²) in [6.45, 7) is 2.83. The molecule has 1 aromatic carbocycles. The number of aromatic nitrogens is 2. The van der Waals surface area contributed by atoms with Gasteiger partial charge in [-0.25, -0.2) is 4.98 Å². The van der Waals surface area contributed by atoms with Gasteiger partial charge in [-0.2, -0.15) is 0 Å². The Morgan fingerprint density at radius 1 is 1.37 bits per heavy atom. The first-order valence-corrected chi connectivity index (χ1v) is 6.63. The minimum Gasteiger partial charge on any atom is -0.362 e. The lowest BCUT2D eigenvalue weighted by atomic mass is 10.2. The van der Waals surface area contributed by atoms with Crippen LogP contribution in [0.4, 0.5) is 5.69 Å². The molecule has 0 aliphatic rings. The molecule has 0 aliphatic heterocycles. The van der Waals surface area contributed by atoms with Crippen LogP contribution in [0.5, 0.6) is 0 Å². The minimum atomic E-state index is 0.644. The minimum absolute atomic E-state index is 0.644. The lowest BCUT2D eigenvalue weighted by Gasteiger charge is -2.11. The Kier molecular flexibility index (Phi) is 4.52. The molecule has 5 heteroatoms. The molecule has 0 unspecified atom stereocenters. The van der Waals surface area contributed by atoms with Crippen molar-refractivity contribution >= 4 is 23.0 Å². The molecule has 0 bridgehead atoms. The first-order chi connectivity index (χ1) is 9.15. The van der Waals surface area contributed by atoms with Gasteiger partial charge in [-0.05, 0) is 30.8 Å². The van der Waals surface area contributed by atoms with E-state index >= 15 is 0 Å². The Morgan fingerprint density at radius 2 is 2.16 bits per heavy atom. The summed E-state index contributed by atoms with van der Waals surface area (Å²) in [5.74, 6) is 0. The number of benzene rings is 1. The van der Waals surface area contributed by atoms with E-state index in [0.717, 1.165) is 24.3 Å². The highest BCUT2D eigenvalue weighted by Crippen LogP contribution is 2.12. The third-order valence-electron chi connectivity index (χ3n) is 2.82. The summed E-state index contributed by atoms with van der Waals surface area (Å²) in [7, 11) is 1.97. The Hall–Kier alpha value is -1.88. The molecule has 0 saturated heterocycles. The lowest BCUT2D eigenvalue weighted by molar-refractivity contribution is 0.851. The molecule has 0 radical (unpaired) electrons. The number of nitrogens with zero attached hydrogens (tertiary/aromatic N) is 2. The molecule has 2 N–H and O–H groups in total. The molecule has 0 saturated carbocycles. The summed E-state index contributed by atoms with van der Waals surface area (Å²) in [5, 5.41) is 7.03. The third kappa shape index (κ3) is 4.06. The Bertz CT molecular complexity index is 562. The zero-order chi connectivity index (χ0) is 13.7. The highest BCUT2D eigenvalue weighted by molar-refractivity contribution is 7.80. The predicted octanol–water partition coefficient (Wildman–Crippen LogP) is 2.26. The van der Waals surface area contributed by atoms with Crippen LogP contribution in [0.25, 0.3) is 0 Å². The van der Waals surface area contributed by atoms with Crippen LogP contribution >= 0.6 is 12.2 Å². The van der Waals surface area contributed by atoms with E-state index in [1.54, 1.807) is 6.33 Å². The van der Waals surface area contributed by atoms with E-state index in [-0.39, 0.29) is 0 Å². The van der Waals surface area contributed by atoms with Crippen molar-refractivity contribution in [2.24, 2.45) is 7.05 Å². The number of imidazole rings is 1. The average molecular weight is 274 g/mol. The predicted molar refractivity (Wildman–Crippen MR) is 82.3 cm³/mol. The normalized spacial score (nSPS) is 10.2. The van der Waals surface area contributed by atoms with E-state index in [1.165, 1.54) is 5.56 Å². The van der Waals surface area contributed by atoms with E-state index in [9.17, 15) is 0 Å². The van der Waals surface area contributed by atoms with Crippen molar-refractivity contribution in [2.75, 3.05) is 11.9 Å². The topological polar surface area (TPSA) is 41.9 Å². The zero-order valence-corrected chi connectivity index (χ0v) is 12.0. The van der Waals surface area contributed by atoms with Crippen molar-refractivity contribution in [3.8, 4) is 0 Å². The number of hydrogen-bond acceptors (Lipinski definition) is 2. The summed E-state index contributed by atoms with van der Waals surface area (Å²) in [6.07, 6.45) is 4.68.